The van der Waals surface area contributed by atoms with Gasteiger partial charge in [-0.3, -0.25) is 4.79 Å². The lowest BCUT2D eigenvalue weighted by Gasteiger charge is -2.06. The first-order chi connectivity index (χ1) is 8.91. The van der Waals surface area contributed by atoms with E-state index in [0.717, 1.165) is 12.1 Å². The van der Waals surface area contributed by atoms with Gasteiger partial charge in [0.25, 0.3) is 0 Å². The van der Waals surface area contributed by atoms with E-state index in [1.807, 2.05) is 22.6 Å². The van der Waals surface area contributed by atoms with Crippen LogP contribution in [-0.4, -0.2) is 5.78 Å². The highest BCUT2D eigenvalue weighted by Crippen LogP contribution is 2.24. The van der Waals surface area contributed by atoms with Crippen molar-refractivity contribution in [2.45, 2.75) is 0 Å². The molecule has 6 heteroatoms. The average molecular weight is 441 g/mol. The zero-order valence-electron chi connectivity index (χ0n) is 9.18. The van der Waals surface area contributed by atoms with Crippen LogP contribution in [0.4, 0.5) is 13.2 Å². The van der Waals surface area contributed by atoms with Gasteiger partial charge < -0.3 is 0 Å². The van der Waals surface area contributed by atoms with Gasteiger partial charge in [0, 0.05) is 13.6 Å². The zero-order valence-corrected chi connectivity index (χ0v) is 12.9. The Kier molecular flexibility index (Phi) is 4.29. The summed E-state index contributed by atoms with van der Waals surface area (Å²) in [5.41, 5.74) is -0.269. The smallest absolute Gasteiger partial charge is 0.197 e. The summed E-state index contributed by atoms with van der Waals surface area (Å²) < 4.78 is 40.8. The fourth-order valence-corrected chi connectivity index (χ4v) is 2.46. The maximum Gasteiger partial charge on any atom is 0.197 e. The first kappa shape index (κ1) is 14.5. The molecule has 0 amide bonds. The van der Waals surface area contributed by atoms with Crippen LogP contribution in [0.25, 0.3) is 0 Å². The Labute approximate surface area is 129 Å². The molecule has 0 N–H and O–H groups in total. The molecule has 0 aliphatic rings. The van der Waals surface area contributed by atoms with Gasteiger partial charge in [-0.2, -0.15) is 0 Å². The van der Waals surface area contributed by atoms with Gasteiger partial charge in [0.05, 0.1) is 5.56 Å². The predicted octanol–water partition coefficient (Wildman–Crippen LogP) is 4.70. The van der Waals surface area contributed by atoms with Gasteiger partial charge in [0.2, 0.25) is 0 Å². The second kappa shape index (κ2) is 5.62. The van der Waals surface area contributed by atoms with Crippen molar-refractivity contribution < 1.29 is 18.0 Å². The van der Waals surface area contributed by atoms with Crippen molar-refractivity contribution in [3.05, 3.63) is 67.0 Å². The van der Waals surface area contributed by atoms with E-state index in [1.165, 1.54) is 6.07 Å². The minimum atomic E-state index is -1.64. The lowest BCUT2D eigenvalue weighted by molar-refractivity contribution is 0.103. The van der Waals surface area contributed by atoms with Crippen molar-refractivity contribution in [1.82, 2.24) is 0 Å². The molecule has 2 aromatic carbocycles. The number of ketones is 1. The summed E-state index contributed by atoms with van der Waals surface area (Å²) in [5, 5.41) is 0. The summed E-state index contributed by atoms with van der Waals surface area (Å²) in [4.78, 5) is 12.1. The van der Waals surface area contributed by atoms with E-state index >= 15 is 0 Å². The maximum atomic E-state index is 13.6. The molecule has 2 rings (SSSR count). The molecule has 0 atom stereocenters. The van der Waals surface area contributed by atoms with Crippen molar-refractivity contribution in [3.63, 3.8) is 0 Å². The Balaban J connectivity index is 2.56. The third kappa shape index (κ3) is 2.84. The molecule has 2 aromatic rings. The quantitative estimate of drug-likeness (QED) is 0.376. The first-order valence-corrected chi connectivity index (χ1v) is 6.92. The molecule has 0 aromatic heterocycles. The highest BCUT2D eigenvalue weighted by Gasteiger charge is 2.21. The molecule has 0 bridgehead atoms. The monoisotopic (exact) mass is 440 g/mol. The van der Waals surface area contributed by atoms with Gasteiger partial charge in [0.1, 0.15) is 0 Å². The van der Waals surface area contributed by atoms with Crippen LogP contribution in [-0.2, 0) is 0 Å². The Hall–Kier alpha value is -0.890. The zero-order chi connectivity index (χ0) is 14.2. The van der Waals surface area contributed by atoms with Crippen LogP contribution >= 0.6 is 38.5 Å². The molecular formula is C13H5BrF3IO. The largest absolute Gasteiger partial charge is 0.288 e. The van der Waals surface area contributed by atoms with Gasteiger partial charge in [-0.1, -0.05) is 15.9 Å². The van der Waals surface area contributed by atoms with Crippen molar-refractivity contribution in [3.8, 4) is 0 Å². The molecular weight excluding hydrogens is 436 g/mol. The van der Waals surface area contributed by atoms with Crippen LogP contribution < -0.4 is 0 Å². The molecule has 1 nitrogen and oxygen atoms in total. The van der Waals surface area contributed by atoms with Crippen molar-refractivity contribution in [1.29, 1.82) is 0 Å². The number of halogens is 5. The third-order valence-electron chi connectivity index (χ3n) is 2.45. The predicted molar refractivity (Wildman–Crippen MR) is 76.6 cm³/mol. The van der Waals surface area contributed by atoms with Gasteiger partial charge in [-0.05, 0) is 52.9 Å². The standard InChI is InChI=1S/C13H5BrF3IO/c14-6-1-4-10(18)8(5-6)13(19)7-2-3-9(15)12(17)11(7)16/h1-5H. The topological polar surface area (TPSA) is 17.1 Å². The molecule has 0 spiro atoms. The molecule has 0 fully saturated rings. The number of rotatable bonds is 2. The molecule has 19 heavy (non-hydrogen) atoms. The molecule has 98 valence electrons. The summed E-state index contributed by atoms with van der Waals surface area (Å²) >= 11 is 5.11. The summed E-state index contributed by atoms with van der Waals surface area (Å²) in [6, 6.07) is 6.56. The van der Waals surface area contributed by atoms with E-state index in [4.69, 9.17) is 0 Å². The first-order valence-electron chi connectivity index (χ1n) is 5.05. The minimum Gasteiger partial charge on any atom is -0.288 e. The molecule has 0 saturated heterocycles. The highest BCUT2D eigenvalue weighted by molar-refractivity contribution is 14.1. The van der Waals surface area contributed by atoms with Crippen LogP contribution in [0, 0.1) is 21.0 Å². The SMILES string of the molecule is O=C(c1cc(Br)ccc1I)c1ccc(F)c(F)c1F. The average Bonchev–Trinajstić information content (AvgIpc) is 2.38. The minimum absolute atomic E-state index is 0.222. The van der Waals surface area contributed by atoms with E-state index < -0.39 is 28.8 Å². The number of benzene rings is 2. The molecule has 0 heterocycles. The van der Waals surface area contributed by atoms with E-state index in [9.17, 15) is 18.0 Å². The lowest BCUT2D eigenvalue weighted by atomic mass is 10.0. The normalized spacial score (nSPS) is 10.6. The molecule has 0 saturated carbocycles. The van der Waals surface area contributed by atoms with Crippen LogP contribution in [0.5, 0.6) is 0 Å². The fourth-order valence-electron chi connectivity index (χ4n) is 1.52. The summed E-state index contributed by atoms with van der Waals surface area (Å²) in [7, 11) is 0. The molecule has 0 aliphatic heterocycles. The van der Waals surface area contributed by atoms with Crippen molar-refractivity contribution in [2.75, 3.05) is 0 Å². The van der Waals surface area contributed by atoms with Gasteiger partial charge in [-0.25, -0.2) is 13.2 Å². The Morgan fingerprint density at radius 3 is 2.37 bits per heavy atom. The van der Waals surface area contributed by atoms with Crippen LogP contribution in [0.1, 0.15) is 15.9 Å². The molecule has 0 radical (unpaired) electrons. The van der Waals surface area contributed by atoms with Crippen LogP contribution in [0.3, 0.4) is 0 Å². The van der Waals surface area contributed by atoms with E-state index in [0.29, 0.717) is 8.04 Å². The Bertz CT molecular complexity index is 673. The molecule has 0 unspecified atom stereocenters. The number of carbonyl (C=O) groups excluding carboxylic acids is 1. The third-order valence-corrected chi connectivity index (χ3v) is 3.89. The molecule has 0 aliphatic carbocycles. The summed E-state index contributed by atoms with van der Waals surface area (Å²) in [6.07, 6.45) is 0. The number of carbonyl (C=O) groups is 1. The van der Waals surface area contributed by atoms with Crippen molar-refractivity contribution in [2.24, 2.45) is 0 Å². The van der Waals surface area contributed by atoms with E-state index in [2.05, 4.69) is 15.9 Å². The summed E-state index contributed by atoms with van der Waals surface area (Å²) in [6.45, 7) is 0. The number of hydrogen-bond donors (Lipinski definition) is 0. The van der Waals surface area contributed by atoms with Crippen molar-refractivity contribution >= 4 is 44.3 Å². The van der Waals surface area contributed by atoms with E-state index in [1.54, 1.807) is 12.1 Å². The second-order valence-electron chi connectivity index (χ2n) is 3.68. The number of hydrogen-bond acceptors (Lipinski definition) is 1. The second-order valence-corrected chi connectivity index (χ2v) is 5.75. The van der Waals surface area contributed by atoms with Crippen LogP contribution in [0.2, 0.25) is 0 Å². The Morgan fingerprint density at radius 2 is 1.68 bits per heavy atom. The van der Waals surface area contributed by atoms with E-state index in [-0.39, 0.29) is 5.56 Å². The fraction of sp³-hybridized carbons (Fsp3) is 0. The maximum absolute atomic E-state index is 13.6. The van der Waals surface area contributed by atoms with Gasteiger partial charge in [0.15, 0.2) is 23.2 Å². The highest BCUT2D eigenvalue weighted by atomic mass is 127. The Morgan fingerprint density at radius 1 is 1.00 bits per heavy atom. The van der Waals surface area contributed by atoms with Gasteiger partial charge >= 0.3 is 0 Å². The van der Waals surface area contributed by atoms with Crippen LogP contribution in [0.15, 0.2) is 34.8 Å². The lowest BCUT2D eigenvalue weighted by Crippen LogP contribution is -2.08. The van der Waals surface area contributed by atoms with Gasteiger partial charge in [-0.15, -0.1) is 0 Å². The summed E-state index contributed by atoms with van der Waals surface area (Å²) in [5.74, 6) is -5.13.